The smallest absolute Gasteiger partial charge is 0.131 e. The Kier molecular flexibility index (Phi) is 3.26. The van der Waals surface area contributed by atoms with E-state index in [-0.39, 0.29) is 6.54 Å². The van der Waals surface area contributed by atoms with Gasteiger partial charge >= 0.3 is 0 Å². The molecule has 1 aromatic heterocycles. The highest BCUT2D eigenvalue weighted by Gasteiger charge is 2.16. The largest absolute Gasteiger partial charge is 0.384 e. The Morgan fingerprint density at radius 3 is 2.53 bits per heavy atom. The first-order chi connectivity index (χ1) is 8.95. The second kappa shape index (κ2) is 4.73. The Labute approximate surface area is 109 Å². The molecule has 2 aromatic rings. The van der Waals surface area contributed by atoms with Crippen molar-refractivity contribution in [3.63, 3.8) is 0 Å². The molecule has 0 bridgehead atoms. The van der Waals surface area contributed by atoms with Gasteiger partial charge in [-0.05, 0) is 25.5 Å². The number of nitrogens with two attached hydrogens (primary N) is 1. The van der Waals surface area contributed by atoms with Crippen molar-refractivity contribution in [2.24, 2.45) is 0 Å². The van der Waals surface area contributed by atoms with Gasteiger partial charge in [0.25, 0.3) is 0 Å². The molecular weight excluding hydrogens is 248 g/mol. The molecule has 0 spiro atoms. The van der Waals surface area contributed by atoms with Crippen molar-refractivity contribution in [3.8, 4) is 6.07 Å². The number of hydrogen-bond acceptors (Lipinski definition) is 2. The highest BCUT2D eigenvalue weighted by atomic mass is 19.1. The molecule has 1 heterocycles. The zero-order valence-electron chi connectivity index (χ0n) is 10.7. The number of halogens is 2. The first kappa shape index (κ1) is 13.1. The maximum absolute atomic E-state index is 13.6. The van der Waals surface area contributed by atoms with E-state index in [0.717, 1.165) is 17.3 Å². The summed E-state index contributed by atoms with van der Waals surface area (Å²) in [5, 5.41) is 9.03. The van der Waals surface area contributed by atoms with Crippen LogP contribution in [0.5, 0.6) is 0 Å². The predicted octanol–water partition coefficient (Wildman–Crippen LogP) is 2.89. The maximum Gasteiger partial charge on any atom is 0.131 e. The summed E-state index contributed by atoms with van der Waals surface area (Å²) < 4.78 is 28.1. The van der Waals surface area contributed by atoms with Gasteiger partial charge in [0, 0.05) is 17.3 Å². The minimum absolute atomic E-state index is 0.173. The lowest BCUT2D eigenvalue weighted by atomic mass is 10.2. The third-order valence-electron chi connectivity index (χ3n) is 3.32. The van der Waals surface area contributed by atoms with Gasteiger partial charge in [-0.1, -0.05) is 6.07 Å². The van der Waals surface area contributed by atoms with Crippen molar-refractivity contribution in [2.45, 2.75) is 20.4 Å². The molecule has 0 saturated heterocycles. The summed E-state index contributed by atoms with van der Waals surface area (Å²) >= 11 is 0. The molecule has 2 N–H and O–H groups in total. The van der Waals surface area contributed by atoms with E-state index in [2.05, 4.69) is 0 Å². The summed E-state index contributed by atoms with van der Waals surface area (Å²) in [6, 6.07) is 5.45. The zero-order chi connectivity index (χ0) is 14.2. The molecule has 2 rings (SSSR count). The van der Waals surface area contributed by atoms with Crippen molar-refractivity contribution in [1.82, 2.24) is 4.57 Å². The topological polar surface area (TPSA) is 54.7 Å². The van der Waals surface area contributed by atoms with Crippen molar-refractivity contribution >= 4 is 5.82 Å². The molecule has 0 saturated carbocycles. The van der Waals surface area contributed by atoms with Gasteiger partial charge in [0.2, 0.25) is 0 Å². The molecule has 5 heteroatoms. The van der Waals surface area contributed by atoms with Crippen LogP contribution in [0.2, 0.25) is 0 Å². The van der Waals surface area contributed by atoms with E-state index in [1.807, 2.05) is 13.0 Å². The van der Waals surface area contributed by atoms with Gasteiger partial charge in [0.15, 0.2) is 0 Å². The van der Waals surface area contributed by atoms with Crippen LogP contribution in [0.4, 0.5) is 14.6 Å². The van der Waals surface area contributed by atoms with E-state index < -0.39 is 11.6 Å². The molecule has 1 aromatic carbocycles. The summed E-state index contributed by atoms with van der Waals surface area (Å²) in [7, 11) is 0. The number of nitrogen functional groups attached to an aromatic ring is 1. The Morgan fingerprint density at radius 2 is 2.00 bits per heavy atom. The number of nitrogens with zero attached hydrogens (tertiary/aromatic N) is 2. The minimum atomic E-state index is -0.622. The Hall–Kier alpha value is -2.35. The van der Waals surface area contributed by atoms with Gasteiger partial charge < -0.3 is 10.3 Å². The summed E-state index contributed by atoms with van der Waals surface area (Å²) in [5.41, 5.74) is 8.20. The molecular formula is C14H13F2N3. The van der Waals surface area contributed by atoms with Crippen LogP contribution in [0.15, 0.2) is 18.2 Å². The van der Waals surface area contributed by atoms with E-state index in [1.165, 1.54) is 12.1 Å². The normalized spacial score (nSPS) is 10.5. The van der Waals surface area contributed by atoms with Crippen LogP contribution in [-0.4, -0.2) is 4.57 Å². The zero-order valence-corrected chi connectivity index (χ0v) is 10.7. The molecule has 0 fully saturated rings. The molecule has 0 aliphatic carbocycles. The molecule has 0 aliphatic heterocycles. The number of rotatable bonds is 2. The van der Waals surface area contributed by atoms with Gasteiger partial charge in [-0.25, -0.2) is 8.78 Å². The van der Waals surface area contributed by atoms with Gasteiger partial charge in [0.05, 0.1) is 12.1 Å². The summed E-state index contributed by atoms with van der Waals surface area (Å²) in [6.07, 6.45) is 0. The fourth-order valence-electron chi connectivity index (χ4n) is 2.06. The average Bonchev–Trinajstić information content (AvgIpc) is 2.56. The van der Waals surface area contributed by atoms with Crippen LogP contribution in [0.1, 0.15) is 22.4 Å². The molecule has 98 valence electrons. The van der Waals surface area contributed by atoms with Gasteiger partial charge in [-0.2, -0.15) is 5.26 Å². The molecule has 19 heavy (non-hydrogen) atoms. The average molecular weight is 261 g/mol. The van der Waals surface area contributed by atoms with Gasteiger partial charge in [-0.15, -0.1) is 0 Å². The first-order valence-corrected chi connectivity index (χ1v) is 5.75. The maximum atomic E-state index is 13.6. The van der Waals surface area contributed by atoms with E-state index in [9.17, 15) is 8.78 Å². The Balaban J connectivity index is 2.48. The molecule has 3 nitrogen and oxygen atoms in total. The van der Waals surface area contributed by atoms with E-state index in [1.54, 1.807) is 11.5 Å². The van der Waals surface area contributed by atoms with Gasteiger partial charge in [0.1, 0.15) is 23.5 Å². The number of benzene rings is 1. The van der Waals surface area contributed by atoms with Crippen LogP contribution >= 0.6 is 0 Å². The lowest BCUT2D eigenvalue weighted by Crippen LogP contribution is -2.08. The third-order valence-corrected chi connectivity index (χ3v) is 3.32. The monoisotopic (exact) mass is 261 g/mol. The van der Waals surface area contributed by atoms with Crippen LogP contribution in [0, 0.1) is 36.8 Å². The highest BCUT2D eigenvalue weighted by molar-refractivity contribution is 5.58. The SMILES string of the molecule is Cc1c(C#N)c(N)n(Cc2ccc(F)cc2F)c1C. The van der Waals surface area contributed by atoms with Gasteiger partial charge in [-0.3, -0.25) is 0 Å². The minimum Gasteiger partial charge on any atom is -0.384 e. The second-order valence-corrected chi connectivity index (χ2v) is 4.40. The lowest BCUT2D eigenvalue weighted by Gasteiger charge is -2.10. The standard InChI is InChI=1S/C14H13F2N3/c1-8-9(2)19(14(18)12(8)6-17)7-10-3-4-11(15)5-13(10)16/h3-5H,7,18H2,1-2H3. The molecule has 0 atom stereocenters. The van der Waals surface area contributed by atoms with Crippen molar-refractivity contribution in [3.05, 3.63) is 52.2 Å². The number of hydrogen-bond donors (Lipinski definition) is 1. The summed E-state index contributed by atoms with van der Waals surface area (Å²) in [5.74, 6) is -0.933. The fourth-order valence-corrected chi connectivity index (χ4v) is 2.06. The van der Waals surface area contributed by atoms with Crippen molar-refractivity contribution in [2.75, 3.05) is 5.73 Å². The summed E-state index contributed by atoms with van der Waals surface area (Å²) in [4.78, 5) is 0. The summed E-state index contributed by atoms with van der Waals surface area (Å²) in [6.45, 7) is 3.78. The van der Waals surface area contributed by atoms with Crippen LogP contribution in [0.25, 0.3) is 0 Å². The fraction of sp³-hybridized carbons (Fsp3) is 0.214. The third kappa shape index (κ3) is 2.17. The Bertz CT molecular complexity index is 681. The number of aromatic nitrogens is 1. The van der Waals surface area contributed by atoms with Crippen LogP contribution < -0.4 is 5.73 Å². The van der Waals surface area contributed by atoms with Crippen LogP contribution in [0.3, 0.4) is 0 Å². The van der Waals surface area contributed by atoms with E-state index in [4.69, 9.17) is 11.0 Å². The molecule has 0 amide bonds. The number of nitriles is 1. The predicted molar refractivity (Wildman–Crippen MR) is 68.5 cm³/mol. The molecule has 0 radical (unpaired) electrons. The first-order valence-electron chi connectivity index (χ1n) is 5.75. The highest BCUT2D eigenvalue weighted by Crippen LogP contribution is 2.25. The quantitative estimate of drug-likeness (QED) is 0.903. The van der Waals surface area contributed by atoms with Crippen LogP contribution in [-0.2, 0) is 6.54 Å². The van der Waals surface area contributed by atoms with Crippen molar-refractivity contribution < 1.29 is 8.78 Å². The van der Waals surface area contributed by atoms with E-state index in [0.29, 0.717) is 16.9 Å². The lowest BCUT2D eigenvalue weighted by molar-refractivity contribution is 0.566. The Morgan fingerprint density at radius 1 is 1.32 bits per heavy atom. The van der Waals surface area contributed by atoms with E-state index >= 15 is 0 Å². The molecule has 0 aliphatic rings. The number of anilines is 1. The second-order valence-electron chi connectivity index (χ2n) is 4.40. The van der Waals surface area contributed by atoms with Crippen molar-refractivity contribution in [1.29, 1.82) is 5.26 Å². The molecule has 0 unspecified atom stereocenters.